The molecule has 0 radical (unpaired) electrons. The monoisotopic (exact) mass is 327 g/mol. The molecule has 3 aromatic rings. The average Bonchev–Trinajstić information content (AvgIpc) is 3.15. The van der Waals surface area contributed by atoms with Gasteiger partial charge < -0.3 is 8.94 Å². The summed E-state index contributed by atoms with van der Waals surface area (Å²) >= 11 is 1.21. The topological polar surface area (TPSA) is 65.0 Å². The lowest BCUT2D eigenvalue weighted by atomic mass is 10.3. The molecule has 9 heteroatoms. The second kappa shape index (κ2) is 5.84. The molecule has 0 saturated heterocycles. The number of alkyl halides is 3. The fourth-order valence-electron chi connectivity index (χ4n) is 1.58. The van der Waals surface area contributed by atoms with Crippen LogP contribution in [-0.2, 0) is 11.9 Å². The summed E-state index contributed by atoms with van der Waals surface area (Å²) < 4.78 is 47.4. The second-order valence-electron chi connectivity index (χ2n) is 4.16. The van der Waals surface area contributed by atoms with Crippen LogP contribution in [0.3, 0.4) is 0 Å². The molecule has 0 amide bonds. The molecule has 0 unspecified atom stereocenters. The molecule has 0 saturated carbocycles. The van der Waals surface area contributed by atoms with E-state index in [2.05, 4.69) is 15.1 Å². The summed E-state index contributed by atoms with van der Waals surface area (Å²) in [6.45, 7) is 0. The smallest absolute Gasteiger partial charge is 0.417 e. The Morgan fingerprint density at radius 1 is 1.18 bits per heavy atom. The molecule has 114 valence electrons. The lowest BCUT2D eigenvalue weighted by Gasteiger charge is -2.05. The van der Waals surface area contributed by atoms with Crippen LogP contribution in [0.5, 0.6) is 0 Å². The first-order valence-corrected chi connectivity index (χ1v) is 7.03. The van der Waals surface area contributed by atoms with Gasteiger partial charge in [-0.25, -0.2) is 4.98 Å². The van der Waals surface area contributed by atoms with E-state index in [4.69, 9.17) is 8.94 Å². The minimum Gasteiger partial charge on any atom is -0.459 e. The summed E-state index contributed by atoms with van der Waals surface area (Å²) in [7, 11) is 0. The van der Waals surface area contributed by atoms with Crippen molar-refractivity contribution in [1.29, 1.82) is 0 Å². The summed E-state index contributed by atoms with van der Waals surface area (Å²) in [5.74, 6) is 1.43. The first-order valence-electron chi connectivity index (χ1n) is 6.05. The maximum absolute atomic E-state index is 12.4. The lowest BCUT2D eigenvalue weighted by molar-refractivity contribution is -0.137. The van der Waals surface area contributed by atoms with Crippen LogP contribution in [0, 0.1) is 0 Å². The van der Waals surface area contributed by atoms with Crippen LogP contribution in [0.1, 0.15) is 11.4 Å². The predicted octanol–water partition coefficient (Wildman–Crippen LogP) is 4.04. The molecule has 0 N–H and O–H groups in total. The Morgan fingerprint density at radius 2 is 2.05 bits per heavy atom. The molecule has 0 aliphatic heterocycles. The predicted molar refractivity (Wildman–Crippen MR) is 70.8 cm³/mol. The largest absolute Gasteiger partial charge is 0.459 e. The van der Waals surface area contributed by atoms with Crippen LogP contribution < -0.4 is 0 Å². The van der Waals surface area contributed by atoms with Crippen LogP contribution in [-0.4, -0.2) is 15.1 Å². The highest BCUT2D eigenvalue weighted by Gasteiger charge is 2.30. The molecule has 0 bridgehead atoms. The number of hydrogen-bond donors (Lipinski definition) is 0. The van der Waals surface area contributed by atoms with Crippen molar-refractivity contribution in [3.63, 3.8) is 0 Å². The molecule has 0 spiro atoms. The second-order valence-corrected chi connectivity index (χ2v) is 5.16. The van der Waals surface area contributed by atoms with Crippen molar-refractivity contribution in [1.82, 2.24) is 15.1 Å². The zero-order valence-corrected chi connectivity index (χ0v) is 11.7. The molecule has 0 fully saturated rings. The van der Waals surface area contributed by atoms with Gasteiger partial charge in [-0.3, -0.25) is 0 Å². The first-order chi connectivity index (χ1) is 10.5. The normalized spacial score (nSPS) is 11.8. The molecule has 0 aromatic carbocycles. The van der Waals surface area contributed by atoms with E-state index in [9.17, 15) is 13.2 Å². The van der Waals surface area contributed by atoms with Gasteiger partial charge in [0.15, 0.2) is 11.6 Å². The number of thioether (sulfide) groups is 1. The van der Waals surface area contributed by atoms with Gasteiger partial charge in [0.25, 0.3) is 5.89 Å². The van der Waals surface area contributed by atoms with Gasteiger partial charge in [0.05, 0.1) is 22.6 Å². The number of hydrogen-bond acceptors (Lipinski definition) is 6. The van der Waals surface area contributed by atoms with Crippen molar-refractivity contribution in [3.05, 3.63) is 48.1 Å². The summed E-state index contributed by atoms with van der Waals surface area (Å²) in [5.41, 5.74) is -0.781. The van der Waals surface area contributed by atoms with Crippen molar-refractivity contribution >= 4 is 11.8 Å². The van der Waals surface area contributed by atoms with Gasteiger partial charge in [0, 0.05) is 6.20 Å². The Hall–Kier alpha value is -2.29. The zero-order valence-electron chi connectivity index (χ0n) is 10.9. The molecule has 3 rings (SSSR count). The lowest BCUT2D eigenvalue weighted by Crippen LogP contribution is -2.05. The maximum Gasteiger partial charge on any atom is 0.417 e. The van der Waals surface area contributed by atoms with Gasteiger partial charge in [-0.2, -0.15) is 18.2 Å². The molecule has 3 heterocycles. The molecule has 3 aromatic heterocycles. The number of halogens is 3. The molecule has 22 heavy (non-hydrogen) atoms. The van der Waals surface area contributed by atoms with Crippen molar-refractivity contribution < 1.29 is 22.1 Å². The average molecular weight is 327 g/mol. The quantitative estimate of drug-likeness (QED) is 0.674. The van der Waals surface area contributed by atoms with Gasteiger partial charge in [0.1, 0.15) is 0 Å². The summed E-state index contributed by atoms with van der Waals surface area (Å²) in [5, 5.41) is 4.21. The summed E-state index contributed by atoms with van der Waals surface area (Å²) in [4.78, 5) is 7.88. The minimum atomic E-state index is -4.39. The third-order valence-corrected chi connectivity index (χ3v) is 3.55. The van der Waals surface area contributed by atoms with E-state index < -0.39 is 11.7 Å². The van der Waals surface area contributed by atoms with Gasteiger partial charge in [-0.15, -0.1) is 0 Å². The van der Waals surface area contributed by atoms with E-state index in [0.717, 1.165) is 12.3 Å². The first kappa shape index (κ1) is 14.6. The number of nitrogens with zero attached hydrogens (tertiary/aromatic N) is 3. The van der Waals surface area contributed by atoms with E-state index in [0.29, 0.717) is 22.4 Å². The van der Waals surface area contributed by atoms with Gasteiger partial charge >= 0.3 is 6.18 Å². The number of aromatic nitrogens is 3. The Kier molecular flexibility index (Phi) is 3.88. The van der Waals surface area contributed by atoms with Crippen molar-refractivity contribution in [2.24, 2.45) is 0 Å². The summed E-state index contributed by atoms with van der Waals surface area (Å²) in [6, 6.07) is 5.67. The molecule has 0 aliphatic rings. The number of furan rings is 1. The number of rotatable bonds is 4. The standard InChI is InChI=1S/C13H8F3N3O2S/c14-13(15,16)8-3-4-11(17-6-8)22-7-10-18-12(21-19-10)9-2-1-5-20-9/h1-6H,7H2. The Bertz CT molecular complexity index is 739. The highest BCUT2D eigenvalue weighted by molar-refractivity contribution is 7.98. The van der Waals surface area contributed by atoms with E-state index in [1.807, 2.05) is 0 Å². The number of pyridine rings is 1. The Morgan fingerprint density at radius 3 is 2.68 bits per heavy atom. The maximum atomic E-state index is 12.4. The molecular weight excluding hydrogens is 319 g/mol. The highest BCUT2D eigenvalue weighted by Crippen LogP contribution is 2.30. The third-order valence-electron chi connectivity index (χ3n) is 2.61. The molecule has 5 nitrogen and oxygen atoms in total. The zero-order chi connectivity index (χ0) is 15.6. The van der Waals surface area contributed by atoms with E-state index >= 15 is 0 Å². The third kappa shape index (κ3) is 3.30. The van der Waals surface area contributed by atoms with Crippen LogP contribution in [0.15, 0.2) is 50.7 Å². The van der Waals surface area contributed by atoms with E-state index in [1.165, 1.54) is 24.1 Å². The fraction of sp³-hybridized carbons (Fsp3) is 0.154. The van der Waals surface area contributed by atoms with Crippen LogP contribution in [0.2, 0.25) is 0 Å². The van der Waals surface area contributed by atoms with Gasteiger partial charge in [0.2, 0.25) is 0 Å². The van der Waals surface area contributed by atoms with E-state index in [1.54, 1.807) is 12.1 Å². The van der Waals surface area contributed by atoms with Crippen molar-refractivity contribution in [2.75, 3.05) is 0 Å². The van der Waals surface area contributed by atoms with Crippen molar-refractivity contribution in [2.45, 2.75) is 17.0 Å². The van der Waals surface area contributed by atoms with Gasteiger partial charge in [-0.05, 0) is 24.3 Å². The Labute approximate surface area is 126 Å². The molecule has 0 atom stereocenters. The van der Waals surface area contributed by atoms with Gasteiger partial charge in [-0.1, -0.05) is 16.9 Å². The Balaban J connectivity index is 1.63. The van der Waals surface area contributed by atoms with Crippen LogP contribution in [0.4, 0.5) is 13.2 Å². The molecular formula is C13H8F3N3O2S. The fourth-order valence-corrected chi connectivity index (χ4v) is 2.27. The minimum absolute atomic E-state index is 0.251. The van der Waals surface area contributed by atoms with Crippen molar-refractivity contribution in [3.8, 4) is 11.7 Å². The SMILES string of the molecule is FC(F)(F)c1ccc(SCc2noc(-c3ccco3)n2)nc1. The summed E-state index contributed by atoms with van der Waals surface area (Å²) in [6.07, 6.45) is -2.10. The highest BCUT2D eigenvalue weighted by atomic mass is 32.2. The van der Waals surface area contributed by atoms with E-state index in [-0.39, 0.29) is 5.89 Å². The van der Waals surface area contributed by atoms with Crippen LogP contribution in [0.25, 0.3) is 11.7 Å². The molecule has 0 aliphatic carbocycles. The van der Waals surface area contributed by atoms with Crippen LogP contribution >= 0.6 is 11.8 Å².